The van der Waals surface area contributed by atoms with E-state index >= 15 is 0 Å². The van der Waals surface area contributed by atoms with Gasteiger partial charge in [-0.1, -0.05) is 6.92 Å². The Balaban J connectivity index is 1.71. The van der Waals surface area contributed by atoms with Gasteiger partial charge in [-0.25, -0.2) is 9.50 Å². The molecule has 1 fully saturated rings. The van der Waals surface area contributed by atoms with E-state index in [0.717, 1.165) is 24.4 Å². The molecule has 18 heavy (non-hydrogen) atoms. The molecule has 3 rings (SSSR count). The SMILES string of the molecule is CCN1CCCC1CNc1nccn2nccc12. The van der Waals surface area contributed by atoms with Crippen LogP contribution in [0.4, 0.5) is 5.82 Å². The molecule has 0 aromatic carbocycles. The highest BCUT2D eigenvalue weighted by Crippen LogP contribution is 2.18. The average molecular weight is 245 g/mol. The number of likely N-dealkylation sites (N-methyl/N-ethyl adjacent to an activating group) is 1. The van der Waals surface area contributed by atoms with Crippen molar-refractivity contribution >= 4 is 11.3 Å². The summed E-state index contributed by atoms with van der Waals surface area (Å²) in [5, 5.41) is 7.68. The van der Waals surface area contributed by atoms with Gasteiger partial charge in [0.2, 0.25) is 0 Å². The maximum atomic E-state index is 4.40. The van der Waals surface area contributed by atoms with E-state index in [4.69, 9.17) is 0 Å². The third-order valence-electron chi connectivity index (χ3n) is 3.73. The quantitative estimate of drug-likeness (QED) is 0.889. The zero-order chi connectivity index (χ0) is 12.4. The summed E-state index contributed by atoms with van der Waals surface area (Å²) < 4.78 is 1.85. The van der Waals surface area contributed by atoms with Gasteiger partial charge in [-0.05, 0) is 32.0 Å². The van der Waals surface area contributed by atoms with Crippen molar-refractivity contribution in [1.82, 2.24) is 19.5 Å². The second-order valence-electron chi connectivity index (χ2n) is 4.74. The first-order valence-electron chi connectivity index (χ1n) is 6.64. The second-order valence-corrected chi connectivity index (χ2v) is 4.74. The van der Waals surface area contributed by atoms with Crippen molar-refractivity contribution in [3.05, 3.63) is 24.7 Å². The summed E-state index contributed by atoms with van der Waals surface area (Å²) in [4.78, 5) is 6.93. The average Bonchev–Trinajstić information content (AvgIpc) is 3.04. The number of anilines is 1. The molecule has 5 nitrogen and oxygen atoms in total. The molecule has 3 heterocycles. The van der Waals surface area contributed by atoms with E-state index in [1.807, 2.05) is 16.8 Å². The highest BCUT2D eigenvalue weighted by molar-refractivity contribution is 5.66. The summed E-state index contributed by atoms with van der Waals surface area (Å²) in [6.45, 7) is 5.56. The first kappa shape index (κ1) is 11.5. The molecule has 0 spiro atoms. The highest BCUT2D eigenvalue weighted by atomic mass is 15.2. The number of fused-ring (bicyclic) bond motifs is 1. The lowest BCUT2D eigenvalue weighted by molar-refractivity contribution is 0.277. The van der Waals surface area contributed by atoms with Gasteiger partial charge in [-0.15, -0.1) is 0 Å². The molecule has 5 heteroatoms. The summed E-state index contributed by atoms with van der Waals surface area (Å²) in [6, 6.07) is 2.63. The molecular weight excluding hydrogens is 226 g/mol. The summed E-state index contributed by atoms with van der Waals surface area (Å²) in [6.07, 6.45) is 8.05. The fourth-order valence-corrected chi connectivity index (χ4v) is 2.75. The van der Waals surface area contributed by atoms with Gasteiger partial charge in [0.25, 0.3) is 0 Å². The number of rotatable bonds is 4. The lowest BCUT2D eigenvalue weighted by Crippen LogP contribution is -2.34. The van der Waals surface area contributed by atoms with Crippen LogP contribution in [0.3, 0.4) is 0 Å². The number of hydrogen-bond donors (Lipinski definition) is 1. The number of likely N-dealkylation sites (tertiary alicyclic amines) is 1. The monoisotopic (exact) mass is 245 g/mol. The van der Waals surface area contributed by atoms with Crippen LogP contribution in [0.15, 0.2) is 24.7 Å². The molecular formula is C13H19N5. The predicted molar refractivity (Wildman–Crippen MR) is 71.7 cm³/mol. The van der Waals surface area contributed by atoms with Crippen LogP contribution in [-0.4, -0.2) is 45.2 Å². The van der Waals surface area contributed by atoms with Crippen LogP contribution in [0.5, 0.6) is 0 Å². The minimum atomic E-state index is 0.639. The molecule has 0 radical (unpaired) electrons. The van der Waals surface area contributed by atoms with E-state index in [9.17, 15) is 0 Å². The first-order valence-corrected chi connectivity index (χ1v) is 6.64. The molecule has 1 aliphatic rings. The van der Waals surface area contributed by atoms with E-state index in [0.29, 0.717) is 6.04 Å². The normalized spacial score (nSPS) is 20.6. The number of hydrogen-bond acceptors (Lipinski definition) is 4. The molecule has 0 amide bonds. The maximum Gasteiger partial charge on any atom is 0.152 e. The van der Waals surface area contributed by atoms with Gasteiger partial charge < -0.3 is 5.32 Å². The Bertz CT molecular complexity index is 521. The first-order chi connectivity index (χ1) is 8.88. The van der Waals surface area contributed by atoms with Crippen molar-refractivity contribution in [3.8, 4) is 0 Å². The number of aromatic nitrogens is 3. The second kappa shape index (κ2) is 4.94. The van der Waals surface area contributed by atoms with Crippen LogP contribution in [0.1, 0.15) is 19.8 Å². The molecule has 1 saturated heterocycles. The van der Waals surface area contributed by atoms with Gasteiger partial charge in [-0.2, -0.15) is 5.10 Å². The van der Waals surface area contributed by atoms with Crippen molar-refractivity contribution in [2.75, 3.05) is 25.0 Å². The molecule has 1 N–H and O–H groups in total. The molecule has 0 bridgehead atoms. The Hall–Kier alpha value is -1.62. The highest BCUT2D eigenvalue weighted by Gasteiger charge is 2.22. The summed E-state index contributed by atoms with van der Waals surface area (Å²) in [5.41, 5.74) is 1.04. The molecule has 1 atom stereocenters. The van der Waals surface area contributed by atoms with Gasteiger partial charge >= 0.3 is 0 Å². The Morgan fingerprint density at radius 3 is 3.28 bits per heavy atom. The van der Waals surface area contributed by atoms with Crippen LogP contribution >= 0.6 is 0 Å². The number of nitrogens with zero attached hydrogens (tertiary/aromatic N) is 4. The molecule has 0 aliphatic carbocycles. The van der Waals surface area contributed by atoms with E-state index in [1.165, 1.54) is 19.4 Å². The standard InChI is InChI=1S/C13H19N5/c1-2-17-8-3-4-11(17)10-15-13-12-5-6-16-18(12)9-7-14-13/h5-7,9,11H,2-4,8,10H2,1H3,(H,14,15). The van der Waals surface area contributed by atoms with E-state index in [1.54, 1.807) is 12.4 Å². The Kier molecular flexibility index (Phi) is 3.15. The van der Waals surface area contributed by atoms with Crippen LogP contribution in [0.25, 0.3) is 5.52 Å². The molecule has 2 aromatic heterocycles. The maximum absolute atomic E-state index is 4.40. The van der Waals surface area contributed by atoms with E-state index in [2.05, 4.69) is 27.2 Å². The topological polar surface area (TPSA) is 45.5 Å². The van der Waals surface area contributed by atoms with E-state index < -0.39 is 0 Å². The lowest BCUT2D eigenvalue weighted by Gasteiger charge is -2.23. The third kappa shape index (κ3) is 2.06. The minimum absolute atomic E-state index is 0.639. The largest absolute Gasteiger partial charge is 0.367 e. The van der Waals surface area contributed by atoms with Crippen LogP contribution in [-0.2, 0) is 0 Å². The summed E-state index contributed by atoms with van der Waals surface area (Å²) in [7, 11) is 0. The Morgan fingerprint density at radius 1 is 1.44 bits per heavy atom. The van der Waals surface area contributed by atoms with E-state index in [-0.39, 0.29) is 0 Å². The Morgan fingerprint density at radius 2 is 2.39 bits per heavy atom. The summed E-state index contributed by atoms with van der Waals surface area (Å²) >= 11 is 0. The van der Waals surface area contributed by atoms with Gasteiger partial charge in [0.05, 0.1) is 6.20 Å². The van der Waals surface area contributed by atoms with Gasteiger partial charge in [0, 0.05) is 25.0 Å². The zero-order valence-corrected chi connectivity index (χ0v) is 10.7. The molecule has 1 unspecified atom stereocenters. The van der Waals surface area contributed by atoms with Gasteiger partial charge in [0.1, 0.15) is 5.52 Å². The van der Waals surface area contributed by atoms with Crippen molar-refractivity contribution in [2.45, 2.75) is 25.8 Å². The van der Waals surface area contributed by atoms with Crippen molar-refractivity contribution in [3.63, 3.8) is 0 Å². The van der Waals surface area contributed by atoms with Crippen LogP contribution in [0.2, 0.25) is 0 Å². The van der Waals surface area contributed by atoms with Crippen molar-refractivity contribution in [1.29, 1.82) is 0 Å². The molecule has 0 saturated carbocycles. The zero-order valence-electron chi connectivity index (χ0n) is 10.7. The van der Waals surface area contributed by atoms with Gasteiger partial charge in [0.15, 0.2) is 5.82 Å². The van der Waals surface area contributed by atoms with Gasteiger partial charge in [-0.3, -0.25) is 4.90 Å². The van der Waals surface area contributed by atoms with Crippen LogP contribution < -0.4 is 5.32 Å². The number of nitrogens with one attached hydrogen (secondary N) is 1. The smallest absolute Gasteiger partial charge is 0.152 e. The fraction of sp³-hybridized carbons (Fsp3) is 0.538. The van der Waals surface area contributed by atoms with Crippen LogP contribution in [0, 0.1) is 0 Å². The Labute approximate surface area is 107 Å². The fourth-order valence-electron chi connectivity index (χ4n) is 2.75. The predicted octanol–water partition coefficient (Wildman–Crippen LogP) is 1.63. The third-order valence-corrected chi connectivity index (χ3v) is 3.73. The molecule has 2 aromatic rings. The minimum Gasteiger partial charge on any atom is -0.367 e. The van der Waals surface area contributed by atoms with Crippen molar-refractivity contribution in [2.24, 2.45) is 0 Å². The molecule has 96 valence electrons. The lowest BCUT2D eigenvalue weighted by atomic mass is 10.2. The van der Waals surface area contributed by atoms with Crippen molar-refractivity contribution < 1.29 is 0 Å². The molecule has 1 aliphatic heterocycles. The summed E-state index contributed by atoms with van der Waals surface area (Å²) in [5.74, 6) is 0.929.